The molecule has 5 heteroatoms. The molecular weight excluding hydrogens is 326 g/mol. The number of para-hydroxylation sites is 1. The molecule has 0 radical (unpaired) electrons. The van der Waals surface area contributed by atoms with Crippen molar-refractivity contribution in [2.24, 2.45) is 0 Å². The van der Waals surface area contributed by atoms with Crippen LogP contribution < -0.4 is 4.90 Å². The number of benzene rings is 1. The van der Waals surface area contributed by atoms with Crippen LogP contribution in [0.1, 0.15) is 41.6 Å². The lowest BCUT2D eigenvalue weighted by molar-refractivity contribution is 0.0575. The average Bonchev–Trinajstić information content (AvgIpc) is 3.12. The SMILES string of the molecule is O=C(c1cccnc1N1CCc2ccccc21)N1CCCCC1CCO. The number of carbonyl (C=O) groups is 1. The molecule has 1 saturated heterocycles. The quantitative estimate of drug-likeness (QED) is 0.919. The molecule has 5 nitrogen and oxygen atoms in total. The Labute approximate surface area is 154 Å². The van der Waals surface area contributed by atoms with Crippen molar-refractivity contribution < 1.29 is 9.90 Å². The van der Waals surface area contributed by atoms with Gasteiger partial charge in [0.05, 0.1) is 5.56 Å². The number of hydrogen-bond donors (Lipinski definition) is 1. The molecule has 0 bridgehead atoms. The Morgan fingerprint density at radius 1 is 1.15 bits per heavy atom. The van der Waals surface area contributed by atoms with Crippen LogP contribution in [-0.4, -0.2) is 46.6 Å². The zero-order valence-electron chi connectivity index (χ0n) is 15.0. The number of nitrogens with zero attached hydrogens (tertiary/aromatic N) is 3. The van der Waals surface area contributed by atoms with Crippen molar-refractivity contribution in [3.05, 3.63) is 53.7 Å². The summed E-state index contributed by atoms with van der Waals surface area (Å²) in [5, 5.41) is 9.37. The van der Waals surface area contributed by atoms with Crippen LogP contribution in [-0.2, 0) is 6.42 Å². The molecule has 136 valence electrons. The minimum Gasteiger partial charge on any atom is -0.396 e. The van der Waals surface area contributed by atoms with E-state index in [4.69, 9.17) is 0 Å². The number of hydrogen-bond acceptors (Lipinski definition) is 4. The Morgan fingerprint density at radius 3 is 2.92 bits per heavy atom. The van der Waals surface area contributed by atoms with E-state index >= 15 is 0 Å². The summed E-state index contributed by atoms with van der Waals surface area (Å²) in [5.74, 6) is 0.784. The third kappa shape index (κ3) is 3.07. The molecule has 0 aliphatic carbocycles. The molecule has 2 aromatic rings. The van der Waals surface area contributed by atoms with E-state index in [0.29, 0.717) is 12.0 Å². The molecule has 1 aromatic heterocycles. The molecule has 4 rings (SSSR count). The molecule has 1 N–H and O–H groups in total. The van der Waals surface area contributed by atoms with Gasteiger partial charge in [0.25, 0.3) is 5.91 Å². The summed E-state index contributed by atoms with van der Waals surface area (Å²) < 4.78 is 0. The maximum Gasteiger partial charge on any atom is 0.257 e. The highest BCUT2D eigenvalue weighted by molar-refractivity contribution is 6.00. The van der Waals surface area contributed by atoms with Gasteiger partial charge in [0.15, 0.2) is 0 Å². The normalized spacial score (nSPS) is 19.5. The van der Waals surface area contributed by atoms with E-state index in [-0.39, 0.29) is 18.6 Å². The van der Waals surface area contributed by atoms with Gasteiger partial charge in [-0.2, -0.15) is 0 Å². The fourth-order valence-corrected chi connectivity index (χ4v) is 4.21. The third-order valence-electron chi connectivity index (χ3n) is 5.51. The van der Waals surface area contributed by atoms with E-state index in [9.17, 15) is 9.90 Å². The second-order valence-electron chi connectivity index (χ2n) is 7.07. The second kappa shape index (κ2) is 7.46. The molecular formula is C21H25N3O2. The molecule has 2 aliphatic rings. The lowest BCUT2D eigenvalue weighted by atomic mass is 9.98. The molecule has 1 aromatic carbocycles. The van der Waals surface area contributed by atoms with Gasteiger partial charge < -0.3 is 14.9 Å². The first kappa shape index (κ1) is 17.0. The number of carbonyl (C=O) groups excluding carboxylic acids is 1. The minimum atomic E-state index is 0.0376. The maximum atomic E-state index is 13.4. The first-order valence-electron chi connectivity index (χ1n) is 9.52. The Morgan fingerprint density at radius 2 is 2.04 bits per heavy atom. The lowest BCUT2D eigenvalue weighted by Crippen LogP contribution is -2.44. The molecule has 26 heavy (non-hydrogen) atoms. The summed E-state index contributed by atoms with van der Waals surface area (Å²) in [5.41, 5.74) is 3.10. The average molecular weight is 351 g/mol. The van der Waals surface area contributed by atoms with Crippen molar-refractivity contribution >= 4 is 17.4 Å². The Balaban J connectivity index is 1.67. The summed E-state index contributed by atoms with van der Waals surface area (Å²) in [6, 6.07) is 12.2. The molecule has 0 spiro atoms. The smallest absolute Gasteiger partial charge is 0.257 e. The van der Waals surface area contributed by atoms with Crippen LogP contribution in [0.2, 0.25) is 0 Å². The van der Waals surface area contributed by atoms with Crippen LogP contribution in [0.3, 0.4) is 0 Å². The standard InChI is InChI=1S/C21H25N3O2/c25-15-11-17-7-3-4-13-23(17)21(26)18-8-5-12-22-20(18)24-14-10-16-6-1-2-9-19(16)24/h1-2,5-6,8-9,12,17,25H,3-4,7,10-11,13-15H2. The summed E-state index contributed by atoms with van der Waals surface area (Å²) in [6.45, 7) is 1.72. The van der Waals surface area contributed by atoms with Crippen LogP contribution in [0.25, 0.3) is 0 Å². The molecule has 1 fully saturated rings. The monoisotopic (exact) mass is 351 g/mol. The molecule has 1 unspecified atom stereocenters. The third-order valence-corrected chi connectivity index (χ3v) is 5.51. The number of pyridine rings is 1. The molecule has 0 saturated carbocycles. The van der Waals surface area contributed by atoms with Crippen molar-refractivity contribution in [2.45, 2.75) is 38.1 Å². The van der Waals surface area contributed by atoms with Crippen molar-refractivity contribution in [1.29, 1.82) is 0 Å². The van der Waals surface area contributed by atoms with Crippen LogP contribution >= 0.6 is 0 Å². The van der Waals surface area contributed by atoms with Gasteiger partial charge in [-0.15, -0.1) is 0 Å². The van der Waals surface area contributed by atoms with E-state index in [0.717, 1.165) is 50.3 Å². The van der Waals surface area contributed by atoms with E-state index in [1.807, 2.05) is 23.1 Å². The van der Waals surface area contributed by atoms with Crippen molar-refractivity contribution in [2.75, 3.05) is 24.6 Å². The van der Waals surface area contributed by atoms with Gasteiger partial charge in [0.2, 0.25) is 0 Å². The molecule has 3 heterocycles. The van der Waals surface area contributed by atoms with Gasteiger partial charge in [0, 0.05) is 37.6 Å². The largest absolute Gasteiger partial charge is 0.396 e. The predicted octanol–water partition coefficient (Wildman–Crippen LogP) is 3.15. The van der Waals surface area contributed by atoms with Gasteiger partial charge in [-0.25, -0.2) is 4.98 Å². The van der Waals surface area contributed by atoms with Crippen molar-refractivity contribution in [3.63, 3.8) is 0 Å². The van der Waals surface area contributed by atoms with Crippen molar-refractivity contribution in [1.82, 2.24) is 9.88 Å². The number of likely N-dealkylation sites (tertiary alicyclic amines) is 1. The summed E-state index contributed by atoms with van der Waals surface area (Å²) in [6.07, 6.45) is 6.48. The van der Waals surface area contributed by atoms with E-state index < -0.39 is 0 Å². The highest BCUT2D eigenvalue weighted by atomic mass is 16.3. The highest BCUT2D eigenvalue weighted by Crippen LogP contribution is 2.35. The van der Waals surface area contributed by atoms with Gasteiger partial charge in [0.1, 0.15) is 5.82 Å². The fraction of sp³-hybridized carbons (Fsp3) is 0.429. The van der Waals surface area contributed by atoms with Crippen LogP contribution in [0.15, 0.2) is 42.6 Å². The molecule has 1 amide bonds. The van der Waals surface area contributed by atoms with Crippen LogP contribution in [0, 0.1) is 0 Å². The minimum absolute atomic E-state index is 0.0376. The van der Waals surface area contributed by atoms with Gasteiger partial charge in [-0.05, 0) is 55.9 Å². The lowest BCUT2D eigenvalue weighted by Gasteiger charge is -2.36. The first-order valence-corrected chi connectivity index (χ1v) is 9.52. The highest BCUT2D eigenvalue weighted by Gasteiger charge is 2.31. The van der Waals surface area contributed by atoms with E-state index in [2.05, 4.69) is 28.1 Å². The number of rotatable bonds is 4. The van der Waals surface area contributed by atoms with Gasteiger partial charge >= 0.3 is 0 Å². The van der Waals surface area contributed by atoms with Gasteiger partial charge in [-0.3, -0.25) is 4.79 Å². The topological polar surface area (TPSA) is 56.7 Å². The van der Waals surface area contributed by atoms with Crippen molar-refractivity contribution in [3.8, 4) is 0 Å². The van der Waals surface area contributed by atoms with Crippen LogP contribution in [0.5, 0.6) is 0 Å². The Kier molecular flexibility index (Phi) is 4.89. The zero-order valence-corrected chi connectivity index (χ0v) is 15.0. The summed E-state index contributed by atoms with van der Waals surface area (Å²) >= 11 is 0. The summed E-state index contributed by atoms with van der Waals surface area (Å²) in [7, 11) is 0. The fourth-order valence-electron chi connectivity index (χ4n) is 4.21. The number of aromatic nitrogens is 1. The summed E-state index contributed by atoms with van der Waals surface area (Å²) in [4.78, 5) is 22.0. The Hall–Kier alpha value is -2.40. The predicted molar refractivity (Wildman–Crippen MR) is 102 cm³/mol. The molecule has 1 atom stereocenters. The molecule has 2 aliphatic heterocycles. The maximum absolute atomic E-state index is 13.4. The number of fused-ring (bicyclic) bond motifs is 1. The number of aliphatic hydroxyl groups is 1. The van der Waals surface area contributed by atoms with Gasteiger partial charge in [-0.1, -0.05) is 18.2 Å². The Bertz CT molecular complexity index is 790. The second-order valence-corrected chi connectivity index (χ2v) is 7.07. The van der Waals surface area contributed by atoms with Crippen LogP contribution in [0.4, 0.5) is 11.5 Å². The first-order chi connectivity index (χ1) is 12.8. The number of amides is 1. The zero-order chi connectivity index (χ0) is 17.9. The number of piperidine rings is 1. The number of anilines is 2. The van der Waals surface area contributed by atoms with E-state index in [1.54, 1.807) is 6.20 Å². The van der Waals surface area contributed by atoms with E-state index in [1.165, 1.54) is 5.56 Å². The number of aliphatic hydroxyl groups excluding tert-OH is 1.